The van der Waals surface area contributed by atoms with Gasteiger partial charge in [0.2, 0.25) is 0 Å². The Morgan fingerprint density at radius 1 is 1.39 bits per heavy atom. The molecule has 18 heavy (non-hydrogen) atoms. The molecule has 0 radical (unpaired) electrons. The van der Waals surface area contributed by atoms with Gasteiger partial charge in [-0.2, -0.15) is 0 Å². The summed E-state index contributed by atoms with van der Waals surface area (Å²) in [6, 6.07) is 6.20. The SMILES string of the molecule is Cc1ccc(NC2CCOC(C(C)C)C2)cc1O. The number of phenolic OH excluding ortho intramolecular Hbond substituents is 1. The standard InChI is InChI=1S/C15H23NO2/c1-10(2)15-9-13(6-7-18-15)16-12-5-4-11(3)14(17)8-12/h4-5,8,10,13,15-17H,6-7,9H2,1-3H3. The molecule has 3 heteroatoms. The van der Waals surface area contributed by atoms with E-state index in [9.17, 15) is 5.11 Å². The van der Waals surface area contributed by atoms with Crippen molar-refractivity contribution < 1.29 is 9.84 Å². The van der Waals surface area contributed by atoms with Gasteiger partial charge in [0.25, 0.3) is 0 Å². The lowest BCUT2D eigenvalue weighted by molar-refractivity contribution is -0.0160. The van der Waals surface area contributed by atoms with Crippen molar-refractivity contribution in [2.24, 2.45) is 5.92 Å². The van der Waals surface area contributed by atoms with E-state index < -0.39 is 0 Å². The average molecular weight is 249 g/mol. The second-order valence-electron chi connectivity index (χ2n) is 5.52. The lowest BCUT2D eigenvalue weighted by Gasteiger charge is -2.33. The van der Waals surface area contributed by atoms with Crippen molar-refractivity contribution in [3.05, 3.63) is 23.8 Å². The maximum atomic E-state index is 9.71. The van der Waals surface area contributed by atoms with Crippen molar-refractivity contribution >= 4 is 5.69 Å². The van der Waals surface area contributed by atoms with Gasteiger partial charge in [0.05, 0.1) is 6.10 Å². The highest BCUT2D eigenvalue weighted by Gasteiger charge is 2.24. The van der Waals surface area contributed by atoms with Gasteiger partial charge in [-0.1, -0.05) is 19.9 Å². The fraction of sp³-hybridized carbons (Fsp3) is 0.600. The van der Waals surface area contributed by atoms with Gasteiger partial charge in [0.15, 0.2) is 0 Å². The minimum atomic E-state index is 0.343. The molecule has 0 aliphatic carbocycles. The predicted molar refractivity (Wildman–Crippen MR) is 74.1 cm³/mol. The molecule has 1 aromatic carbocycles. The van der Waals surface area contributed by atoms with Crippen molar-refractivity contribution in [2.75, 3.05) is 11.9 Å². The van der Waals surface area contributed by atoms with Crippen molar-refractivity contribution in [3.8, 4) is 5.75 Å². The first-order chi connectivity index (χ1) is 8.56. The molecule has 2 atom stereocenters. The number of aryl methyl sites for hydroxylation is 1. The van der Waals surface area contributed by atoms with Crippen LogP contribution in [0, 0.1) is 12.8 Å². The number of anilines is 1. The summed E-state index contributed by atoms with van der Waals surface area (Å²) in [6.45, 7) is 7.12. The van der Waals surface area contributed by atoms with Crippen LogP contribution in [0.5, 0.6) is 5.75 Å². The van der Waals surface area contributed by atoms with Gasteiger partial charge in [-0.25, -0.2) is 0 Å². The quantitative estimate of drug-likeness (QED) is 0.863. The number of aromatic hydroxyl groups is 1. The number of nitrogens with one attached hydrogen (secondary N) is 1. The molecule has 100 valence electrons. The molecule has 2 rings (SSSR count). The third-order valence-electron chi connectivity index (χ3n) is 3.64. The van der Waals surface area contributed by atoms with Crippen molar-refractivity contribution in [1.82, 2.24) is 0 Å². The molecule has 1 aromatic rings. The van der Waals surface area contributed by atoms with Gasteiger partial charge >= 0.3 is 0 Å². The van der Waals surface area contributed by atoms with Crippen LogP contribution in [0.3, 0.4) is 0 Å². The summed E-state index contributed by atoms with van der Waals surface area (Å²) in [5.74, 6) is 0.911. The van der Waals surface area contributed by atoms with Gasteiger partial charge in [0, 0.05) is 24.4 Å². The minimum Gasteiger partial charge on any atom is -0.508 e. The van der Waals surface area contributed by atoms with E-state index in [0.717, 1.165) is 30.7 Å². The molecule has 2 unspecified atom stereocenters. The monoisotopic (exact) mass is 249 g/mol. The summed E-state index contributed by atoms with van der Waals surface area (Å²) >= 11 is 0. The molecule has 1 heterocycles. The number of hydrogen-bond acceptors (Lipinski definition) is 3. The zero-order valence-electron chi connectivity index (χ0n) is 11.4. The largest absolute Gasteiger partial charge is 0.508 e. The molecular weight excluding hydrogens is 226 g/mol. The Labute approximate surface area is 109 Å². The van der Waals surface area contributed by atoms with Gasteiger partial charge in [0.1, 0.15) is 5.75 Å². The summed E-state index contributed by atoms with van der Waals surface area (Å²) < 4.78 is 5.76. The summed E-state index contributed by atoms with van der Waals surface area (Å²) in [6.07, 6.45) is 2.40. The first-order valence-corrected chi connectivity index (χ1v) is 6.74. The molecule has 3 nitrogen and oxygen atoms in total. The maximum absolute atomic E-state index is 9.71. The van der Waals surface area contributed by atoms with E-state index in [1.54, 1.807) is 6.07 Å². The number of ether oxygens (including phenoxy) is 1. The first-order valence-electron chi connectivity index (χ1n) is 6.74. The molecule has 1 saturated heterocycles. The number of benzene rings is 1. The Morgan fingerprint density at radius 3 is 2.83 bits per heavy atom. The highest BCUT2D eigenvalue weighted by atomic mass is 16.5. The lowest BCUT2D eigenvalue weighted by Crippen LogP contribution is -2.36. The van der Waals surface area contributed by atoms with Crippen LogP contribution in [0.2, 0.25) is 0 Å². The Kier molecular flexibility index (Phi) is 4.12. The second-order valence-corrected chi connectivity index (χ2v) is 5.52. The summed E-state index contributed by atoms with van der Waals surface area (Å²) in [7, 11) is 0. The number of rotatable bonds is 3. The fourth-order valence-corrected chi connectivity index (χ4v) is 2.36. The van der Waals surface area contributed by atoms with Gasteiger partial charge in [-0.15, -0.1) is 0 Å². The fourth-order valence-electron chi connectivity index (χ4n) is 2.36. The highest BCUT2D eigenvalue weighted by molar-refractivity contribution is 5.51. The molecule has 2 N–H and O–H groups in total. The topological polar surface area (TPSA) is 41.5 Å². The van der Waals surface area contributed by atoms with Crippen LogP contribution in [0.15, 0.2) is 18.2 Å². The van der Waals surface area contributed by atoms with Crippen LogP contribution in [0.25, 0.3) is 0 Å². The second kappa shape index (κ2) is 5.61. The Balaban J connectivity index is 1.98. The van der Waals surface area contributed by atoms with Crippen molar-refractivity contribution in [1.29, 1.82) is 0 Å². The van der Waals surface area contributed by atoms with E-state index in [2.05, 4.69) is 19.2 Å². The Bertz CT molecular complexity index is 403. The van der Waals surface area contributed by atoms with Crippen LogP contribution in [0.4, 0.5) is 5.69 Å². The third-order valence-corrected chi connectivity index (χ3v) is 3.64. The summed E-state index contributed by atoms with van der Waals surface area (Å²) in [4.78, 5) is 0. The normalized spacial score (nSPS) is 24.2. The maximum Gasteiger partial charge on any atom is 0.120 e. The molecule has 1 fully saturated rings. The molecule has 1 aliphatic heterocycles. The summed E-state index contributed by atoms with van der Waals surface area (Å²) in [5.41, 5.74) is 1.90. The smallest absolute Gasteiger partial charge is 0.120 e. The lowest BCUT2D eigenvalue weighted by atomic mass is 9.95. The molecule has 0 aromatic heterocycles. The zero-order valence-corrected chi connectivity index (χ0v) is 11.4. The highest BCUT2D eigenvalue weighted by Crippen LogP contribution is 2.26. The van der Waals surface area contributed by atoms with E-state index >= 15 is 0 Å². The van der Waals surface area contributed by atoms with Crippen molar-refractivity contribution in [3.63, 3.8) is 0 Å². The van der Waals surface area contributed by atoms with E-state index in [1.807, 2.05) is 19.1 Å². The third kappa shape index (κ3) is 3.16. The molecule has 1 aliphatic rings. The van der Waals surface area contributed by atoms with Gasteiger partial charge < -0.3 is 15.2 Å². The van der Waals surface area contributed by atoms with Crippen LogP contribution < -0.4 is 5.32 Å². The molecule has 0 saturated carbocycles. The Hall–Kier alpha value is -1.22. The average Bonchev–Trinajstić information content (AvgIpc) is 2.34. The van der Waals surface area contributed by atoms with E-state index in [1.165, 1.54) is 0 Å². The van der Waals surface area contributed by atoms with E-state index in [0.29, 0.717) is 23.8 Å². The van der Waals surface area contributed by atoms with Gasteiger partial charge in [-0.3, -0.25) is 0 Å². The molecule has 0 amide bonds. The predicted octanol–water partition coefficient (Wildman–Crippen LogP) is 3.32. The number of phenols is 1. The minimum absolute atomic E-state index is 0.343. The van der Waals surface area contributed by atoms with Crippen LogP contribution >= 0.6 is 0 Å². The Morgan fingerprint density at radius 2 is 2.17 bits per heavy atom. The van der Waals surface area contributed by atoms with Crippen LogP contribution in [-0.2, 0) is 4.74 Å². The number of hydrogen-bond donors (Lipinski definition) is 2. The van der Waals surface area contributed by atoms with Crippen LogP contribution in [-0.4, -0.2) is 23.9 Å². The molecule has 0 spiro atoms. The van der Waals surface area contributed by atoms with Crippen molar-refractivity contribution in [2.45, 2.75) is 45.8 Å². The van der Waals surface area contributed by atoms with E-state index in [4.69, 9.17) is 4.74 Å². The van der Waals surface area contributed by atoms with E-state index in [-0.39, 0.29) is 0 Å². The molecule has 0 bridgehead atoms. The zero-order chi connectivity index (χ0) is 13.1. The first kappa shape index (κ1) is 13.2. The molecular formula is C15H23NO2. The summed E-state index contributed by atoms with van der Waals surface area (Å²) in [5, 5.41) is 13.2. The van der Waals surface area contributed by atoms with Gasteiger partial charge in [-0.05, 0) is 37.3 Å². The van der Waals surface area contributed by atoms with Crippen LogP contribution in [0.1, 0.15) is 32.3 Å².